The van der Waals surface area contributed by atoms with Gasteiger partial charge in [-0.05, 0) is 6.07 Å². The summed E-state index contributed by atoms with van der Waals surface area (Å²) in [6.45, 7) is 7.59. The Bertz CT molecular complexity index is 817. The lowest BCUT2D eigenvalue weighted by Crippen LogP contribution is -2.43. The summed E-state index contributed by atoms with van der Waals surface area (Å²) in [6.07, 6.45) is 1.84. The molecule has 0 radical (unpaired) electrons. The fraction of sp³-hybridized carbons (Fsp3) is 0.412. The van der Waals surface area contributed by atoms with Crippen LogP contribution in [0.1, 0.15) is 17.3 Å². The number of methoxy groups -OCH3 is 2. The van der Waals surface area contributed by atoms with Crippen LogP contribution in [-0.4, -0.2) is 38.8 Å². The van der Waals surface area contributed by atoms with E-state index >= 15 is 0 Å². The highest BCUT2D eigenvalue weighted by Gasteiger charge is 2.35. The smallest absolute Gasteiger partial charge is 0.341 e. The highest BCUT2D eigenvalue weighted by atomic mass is 28.3. The molecule has 2 aromatic rings. The minimum Gasteiger partial charge on any atom is -0.494 e. The van der Waals surface area contributed by atoms with Crippen molar-refractivity contribution in [2.45, 2.75) is 26.6 Å². The van der Waals surface area contributed by atoms with Crippen LogP contribution in [0.15, 0.2) is 12.3 Å². The van der Waals surface area contributed by atoms with Crippen molar-refractivity contribution in [1.82, 2.24) is 4.57 Å². The fourth-order valence-electron chi connectivity index (χ4n) is 2.94. The maximum absolute atomic E-state index is 12.5. The predicted molar refractivity (Wildman–Crippen MR) is 95.1 cm³/mol. The van der Waals surface area contributed by atoms with Gasteiger partial charge in [-0.1, -0.05) is 19.6 Å². The number of aromatic nitrogens is 1. The lowest BCUT2D eigenvalue weighted by molar-refractivity contribution is -0.131. The number of esters is 2. The van der Waals surface area contributed by atoms with E-state index in [1.54, 1.807) is 0 Å². The number of benzene rings is 1. The SMILES string of the molecule is COC(=O)c1c([Si](C)(C)C)c(OC(C)=O)c2ccn(C)c2c1OC. The largest absolute Gasteiger partial charge is 0.494 e. The third-order valence-corrected chi connectivity index (χ3v) is 5.80. The quantitative estimate of drug-likeness (QED) is 0.482. The fourth-order valence-corrected chi connectivity index (χ4v) is 4.77. The van der Waals surface area contributed by atoms with Crippen molar-refractivity contribution < 1.29 is 23.8 Å². The van der Waals surface area contributed by atoms with E-state index in [9.17, 15) is 9.59 Å². The first-order chi connectivity index (χ1) is 11.1. The van der Waals surface area contributed by atoms with E-state index in [1.807, 2.05) is 23.9 Å². The average molecular weight is 349 g/mol. The molecule has 0 aliphatic carbocycles. The van der Waals surface area contributed by atoms with E-state index in [2.05, 4.69) is 19.6 Å². The summed E-state index contributed by atoms with van der Waals surface area (Å²) in [7, 11) is 2.60. The van der Waals surface area contributed by atoms with Crippen LogP contribution in [0.3, 0.4) is 0 Å². The van der Waals surface area contributed by atoms with Crippen LogP contribution in [0.2, 0.25) is 19.6 Å². The Morgan fingerprint density at radius 1 is 1.12 bits per heavy atom. The Morgan fingerprint density at radius 3 is 2.21 bits per heavy atom. The van der Waals surface area contributed by atoms with Crippen molar-refractivity contribution >= 4 is 36.1 Å². The molecule has 130 valence electrons. The summed E-state index contributed by atoms with van der Waals surface area (Å²) >= 11 is 0. The van der Waals surface area contributed by atoms with Crippen LogP contribution >= 0.6 is 0 Å². The van der Waals surface area contributed by atoms with Gasteiger partial charge in [0.05, 0.1) is 27.8 Å². The van der Waals surface area contributed by atoms with Gasteiger partial charge in [0.2, 0.25) is 0 Å². The molecule has 0 N–H and O–H groups in total. The third kappa shape index (κ3) is 2.91. The molecule has 0 saturated heterocycles. The molecule has 6 nitrogen and oxygen atoms in total. The van der Waals surface area contributed by atoms with Crippen molar-refractivity contribution in [1.29, 1.82) is 0 Å². The van der Waals surface area contributed by atoms with Crippen molar-refractivity contribution in [2.75, 3.05) is 14.2 Å². The number of aryl methyl sites for hydroxylation is 1. The average Bonchev–Trinajstić information content (AvgIpc) is 2.86. The summed E-state index contributed by atoms with van der Waals surface area (Å²) < 4.78 is 18.0. The van der Waals surface area contributed by atoms with E-state index in [-0.39, 0.29) is 0 Å². The van der Waals surface area contributed by atoms with E-state index in [0.717, 1.165) is 10.6 Å². The van der Waals surface area contributed by atoms with E-state index in [0.29, 0.717) is 22.6 Å². The number of hydrogen-bond donors (Lipinski definition) is 0. The van der Waals surface area contributed by atoms with Crippen molar-refractivity contribution in [2.24, 2.45) is 7.05 Å². The van der Waals surface area contributed by atoms with Gasteiger partial charge in [0.1, 0.15) is 11.3 Å². The summed E-state index contributed by atoms with van der Waals surface area (Å²) in [5.74, 6) is -0.0578. The van der Waals surface area contributed by atoms with Gasteiger partial charge in [-0.15, -0.1) is 0 Å². The zero-order valence-corrected chi connectivity index (χ0v) is 16.1. The molecule has 0 atom stereocenters. The highest BCUT2D eigenvalue weighted by Crippen LogP contribution is 2.38. The van der Waals surface area contributed by atoms with Crippen LogP contribution in [0.4, 0.5) is 0 Å². The van der Waals surface area contributed by atoms with Crippen LogP contribution in [0.25, 0.3) is 10.9 Å². The minimum atomic E-state index is -2.09. The number of fused-ring (bicyclic) bond motifs is 1. The van der Waals surface area contributed by atoms with E-state index < -0.39 is 20.0 Å². The van der Waals surface area contributed by atoms with Crippen LogP contribution in [0.5, 0.6) is 11.5 Å². The number of ether oxygens (including phenoxy) is 3. The zero-order chi connectivity index (χ0) is 18.2. The van der Waals surface area contributed by atoms with Crippen molar-refractivity contribution in [3.05, 3.63) is 17.8 Å². The van der Waals surface area contributed by atoms with Gasteiger partial charge in [-0.3, -0.25) is 4.79 Å². The number of rotatable bonds is 4. The predicted octanol–water partition coefficient (Wildman–Crippen LogP) is 2.44. The van der Waals surface area contributed by atoms with Crippen molar-refractivity contribution in [3.8, 4) is 11.5 Å². The summed E-state index contributed by atoms with van der Waals surface area (Å²) in [6, 6.07) is 1.86. The van der Waals surface area contributed by atoms with Gasteiger partial charge in [0.15, 0.2) is 5.75 Å². The second-order valence-corrected chi connectivity index (χ2v) is 11.6. The highest BCUT2D eigenvalue weighted by molar-refractivity contribution is 6.90. The standard InChI is InChI=1S/C17H23NO5Si/c1-10(19)23-14-11-8-9-18(2)13(11)15(21-3)12(17(20)22-4)16(14)24(5,6)7/h8-9H,1-7H3. The van der Waals surface area contributed by atoms with E-state index in [1.165, 1.54) is 21.1 Å². The van der Waals surface area contributed by atoms with Gasteiger partial charge in [0.25, 0.3) is 0 Å². The summed E-state index contributed by atoms with van der Waals surface area (Å²) in [4.78, 5) is 24.2. The Hall–Kier alpha value is -2.28. The Morgan fingerprint density at radius 2 is 1.75 bits per heavy atom. The van der Waals surface area contributed by atoms with Gasteiger partial charge < -0.3 is 18.8 Å². The number of hydrogen-bond acceptors (Lipinski definition) is 5. The second kappa shape index (κ2) is 6.31. The molecule has 0 bridgehead atoms. The second-order valence-electron chi connectivity index (χ2n) is 6.64. The number of carbonyl (C=O) groups excluding carboxylic acids is 2. The topological polar surface area (TPSA) is 66.8 Å². The Labute approximate surface area is 142 Å². The molecule has 2 rings (SSSR count). The molecule has 1 aromatic carbocycles. The van der Waals surface area contributed by atoms with Gasteiger partial charge >= 0.3 is 11.9 Å². The lowest BCUT2D eigenvalue weighted by atomic mass is 10.1. The molecule has 7 heteroatoms. The molecule has 0 saturated carbocycles. The molecule has 1 heterocycles. The first-order valence-electron chi connectivity index (χ1n) is 7.59. The molecule has 0 fully saturated rings. The van der Waals surface area contributed by atoms with E-state index in [4.69, 9.17) is 14.2 Å². The first-order valence-corrected chi connectivity index (χ1v) is 11.1. The van der Waals surface area contributed by atoms with Gasteiger partial charge in [-0.25, -0.2) is 4.79 Å². The number of carbonyl (C=O) groups is 2. The normalized spacial score (nSPS) is 11.5. The third-order valence-electron chi connectivity index (χ3n) is 3.83. The Kier molecular flexibility index (Phi) is 4.75. The summed E-state index contributed by atoms with van der Waals surface area (Å²) in [5.41, 5.74) is 1.03. The molecular formula is C17H23NO5Si. The summed E-state index contributed by atoms with van der Waals surface area (Å²) in [5, 5.41) is 1.47. The molecule has 0 amide bonds. The molecule has 0 aliphatic rings. The molecule has 0 aliphatic heterocycles. The van der Waals surface area contributed by atoms with Crippen LogP contribution in [-0.2, 0) is 16.6 Å². The molecule has 0 spiro atoms. The van der Waals surface area contributed by atoms with Crippen molar-refractivity contribution in [3.63, 3.8) is 0 Å². The first kappa shape index (κ1) is 18.1. The Balaban J connectivity index is 3.10. The maximum Gasteiger partial charge on any atom is 0.341 e. The van der Waals surface area contributed by atoms with Crippen LogP contribution < -0.4 is 14.7 Å². The number of nitrogens with zero attached hydrogens (tertiary/aromatic N) is 1. The van der Waals surface area contributed by atoms with Gasteiger partial charge in [0, 0.05) is 30.7 Å². The molecule has 0 unspecified atom stereocenters. The van der Waals surface area contributed by atoms with Crippen LogP contribution in [0, 0.1) is 0 Å². The minimum absolute atomic E-state index is 0.338. The zero-order valence-electron chi connectivity index (χ0n) is 15.1. The maximum atomic E-state index is 12.5. The monoisotopic (exact) mass is 349 g/mol. The molecule has 24 heavy (non-hydrogen) atoms. The van der Waals surface area contributed by atoms with Gasteiger partial charge in [-0.2, -0.15) is 0 Å². The lowest BCUT2D eigenvalue weighted by Gasteiger charge is -2.26. The molecule has 1 aromatic heterocycles. The molecular weight excluding hydrogens is 326 g/mol.